The van der Waals surface area contributed by atoms with Gasteiger partial charge in [-0.15, -0.1) is 0 Å². The van der Waals surface area contributed by atoms with E-state index in [1.807, 2.05) is 0 Å². The molecule has 0 amide bonds. The highest BCUT2D eigenvalue weighted by Crippen LogP contribution is 2.25. The fourth-order valence-corrected chi connectivity index (χ4v) is 1.41. The molecule has 1 heterocycles. The van der Waals surface area contributed by atoms with Crippen LogP contribution in [0.3, 0.4) is 0 Å². The van der Waals surface area contributed by atoms with Gasteiger partial charge in [0.05, 0.1) is 6.54 Å². The summed E-state index contributed by atoms with van der Waals surface area (Å²) >= 11 is 0. The first-order valence-electron chi connectivity index (χ1n) is 4.33. The van der Waals surface area contributed by atoms with Crippen LogP contribution in [-0.2, 0) is 4.79 Å². The molecular weight excluding hydrogens is 180 g/mol. The van der Waals surface area contributed by atoms with E-state index >= 15 is 0 Å². The van der Waals surface area contributed by atoms with Crippen LogP contribution in [0.4, 0.5) is 8.78 Å². The van der Waals surface area contributed by atoms with Crippen molar-refractivity contribution in [3.05, 3.63) is 0 Å². The molecule has 0 aromatic heterocycles. The van der Waals surface area contributed by atoms with Gasteiger partial charge in [0.25, 0.3) is 5.92 Å². The van der Waals surface area contributed by atoms with E-state index in [-0.39, 0.29) is 25.4 Å². The van der Waals surface area contributed by atoms with E-state index < -0.39 is 11.9 Å². The zero-order chi connectivity index (χ0) is 9.90. The van der Waals surface area contributed by atoms with Crippen LogP contribution in [0.1, 0.15) is 25.7 Å². The Labute approximate surface area is 75.1 Å². The van der Waals surface area contributed by atoms with Crippen molar-refractivity contribution < 1.29 is 18.7 Å². The largest absolute Gasteiger partial charge is 0.481 e. The number of hydrogen-bond acceptors (Lipinski definition) is 2. The number of rotatable bonds is 3. The minimum atomic E-state index is -2.61. The van der Waals surface area contributed by atoms with Gasteiger partial charge in [-0.05, 0) is 12.8 Å². The molecule has 0 unspecified atom stereocenters. The third-order valence-corrected chi connectivity index (χ3v) is 2.21. The molecule has 2 N–H and O–H groups in total. The van der Waals surface area contributed by atoms with Crippen LogP contribution in [-0.4, -0.2) is 29.6 Å². The Bertz CT molecular complexity index is 187. The van der Waals surface area contributed by atoms with Crippen molar-refractivity contribution in [1.82, 2.24) is 5.32 Å². The third kappa shape index (κ3) is 3.67. The summed E-state index contributed by atoms with van der Waals surface area (Å²) in [4.78, 5) is 10.2. The lowest BCUT2D eigenvalue weighted by molar-refractivity contribution is -0.137. The van der Waals surface area contributed by atoms with Crippen LogP contribution in [0.2, 0.25) is 0 Å². The molecule has 1 aliphatic heterocycles. The number of nitrogens with one attached hydrogen (secondary N) is 1. The van der Waals surface area contributed by atoms with E-state index in [0.717, 1.165) is 0 Å². The summed E-state index contributed by atoms with van der Waals surface area (Å²) in [6.45, 7) is -0.322. The van der Waals surface area contributed by atoms with Crippen molar-refractivity contribution >= 4 is 5.97 Å². The van der Waals surface area contributed by atoms with Gasteiger partial charge in [0.15, 0.2) is 0 Å². The van der Waals surface area contributed by atoms with E-state index in [1.165, 1.54) is 0 Å². The van der Waals surface area contributed by atoms with Gasteiger partial charge in [0.1, 0.15) is 0 Å². The molecule has 1 aliphatic rings. The van der Waals surface area contributed by atoms with E-state index in [4.69, 9.17) is 5.11 Å². The number of halogens is 2. The molecule has 1 saturated heterocycles. The lowest BCUT2D eigenvalue weighted by Gasteiger charge is -2.29. The van der Waals surface area contributed by atoms with Crippen LogP contribution in [0.25, 0.3) is 0 Å². The Balaban J connectivity index is 2.21. The minimum absolute atomic E-state index is 0.0449. The van der Waals surface area contributed by atoms with Crippen LogP contribution >= 0.6 is 0 Å². The molecule has 0 saturated carbocycles. The second-order valence-corrected chi connectivity index (χ2v) is 3.40. The quantitative estimate of drug-likeness (QED) is 0.709. The molecule has 0 aromatic rings. The zero-order valence-corrected chi connectivity index (χ0v) is 7.22. The summed E-state index contributed by atoms with van der Waals surface area (Å²) in [6.07, 6.45) is 0.708. The summed E-state index contributed by atoms with van der Waals surface area (Å²) in [5.74, 6) is -3.49. The number of piperidine rings is 1. The van der Waals surface area contributed by atoms with Gasteiger partial charge in [0.2, 0.25) is 0 Å². The first kappa shape index (κ1) is 10.4. The fourth-order valence-electron chi connectivity index (χ4n) is 1.41. The first-order valence-corrected chi connectivity index (χ1v) is 4.33. The van der Waals surface area contributed by atoms with Crippen molar-refractivity contribution in [3.8, 4) is 0 Å². The molecule has 0 radical (unpaired) electrons. The smallest absolute Gasteiger partial charge is 0.303 e. The van der Waals surface area contributed by atoms with Crippen molar-refractivity contribution in [1.29, 1.82) is 0 Å². The Kier molecular flexibility index (Phi) is 3.19. The molecule has 0 aromatic carbocycles. The van der Waals surface area contributed by atoms with E-state index in [1.54, 1.807) is 0 Å². The summed E-state index contributed by atoms with van der Waals surface area (Å²) in [6, 6.07) is -0.0595. The number of hydrogen-bond donors (Lipinski definition) is 2. The maximum absolute atomic E-state index is 12.6. The second kappa shape index (κ2) is 4.00. The Morgan fingerprint density at radius 1 is 1.62 bits per heavy atom. The maximum atomic E-state index is 12.6. The van der Waals surface area contributed by atoms with Crippen LogP contribution in [0.15, 0.2) is 0 Å². The number of aliphatic carboxylic acids is 1. The van der Waals surface area contributed by atoms with Crippen LogP contribution in [0, 0.1) is 0 Å². The predicted molar refractivity (Wildman–Crippen MR) is 42.8 cm³/mol. The Morgan fingerprint density at radius 3 is 2.77 bits per heavy atom. The average Bonchev–Trinajstić information content (AvgIpc) is 2.02. The average molecular weight is 193 g/mol. The van der Waals surface area contributed by atoms with E-state index in [0.29, 0.717) is 12.8 Å². The summed E-state index contributed by atoms with van der Waals surface area (Å²) in [5.41, 5.74) is 0. The lowest BCUT2D eigenvalue weighted by atomic mass is 9.98. The first-order chi connectivity index (χ1) is 5.99. The predicted octanol–water partition coefficient (Wildman–Crippen LogP) is 1.24. The fraction of sp³-hybridized carbons (Fsp3) is 0.875. The molecule has 5 heteroatoms. The topological polar surface area (TPSA) is 49.3 Å². The Morgan fingerprint density at radius 2 is 2.31 bits per heavy atom. The van der Waals surface area contributed by atoms with E-state index in [2.05, 4.69) is 5.32 Å². The summed E-state index contributed by atoms with van der Waals surface area (Å²) in [7, 11) is 0. The second-order valence-electron chi connectivity index (χ2n) is 3.40. The van der Waals surface area contributed by atoms with Crippen molar-refractivity contribution in [2.45, 2.75) is 37.6 Å². The SMILES string of the molecule is O=C(O)CC[C@@H]1CCC(F)(F)CN1. The zero-order valence-electron chi connectivity index (χ0n) is 7.22. The normalized spacial score (nSPS) is 27.1. The molecule has 0 bridgehead atoms. The monoisotopic (exact) mass is 193 g/mol. The standard InChI is InChI=1S/C8H13F2NO2/c9-8(10)4-3-6(11-5-8)1-2-7(12)13/h6,11H,1-5H2,(H,12,13)/t6-/m1/s1. The minimum Gasteiger partial charge on any atom is -0.481 e. The molecule has 76 valence electrons. The molecule has 3 nitrogen and oxygen atoms in total. The van der Waals surface area contributed by atoms with Crippen LogP contribution in [0.5, 0.6) is 0 Å². The molecule has 0 spiro atoms. The van der Waals surface area contributed by atoms with Gasteiger partial charge in [-0.2, -0.15) is 0 Å². The molecular formula is C8H13F2NO2. The number of carboxylic acid groups (broad SMARTS) is 1. The van der Waals surface area contributed by atoms with Gasteiger partial charge in [-0.3, -0.25) is 4.79 Å². The van der Waals surface area contributed by atoms with Crippen molar-refractivity contribution in [3.63, 3.8) is 0 Å². The highest BCUT2D eigenvalue weighted by Gasteiger charge is 2.34. The summed E-state index contributed by atoms with van der Waals surface area (Å²) in [5, 5.41) is 11.0. The van der Waals surface area contributed by atoms with Crippen molar-refractivity contribution in [2.75, 3.05) is 6.54 Å². The third-order valence-electron chi connectivity index (χ3n) is 2.21. The van der Waals surface area contributed by atoms with Gasteiger partial charge >= 0.3 is 5.97 Å². The van der Waals surface area contributed by atoms with Crippen LogP contribution < -0.4 is 5.32 Å². The van der Waals surface area contributed by atoms with Gasteiger partial charge in [-0.25, -0.2) is 8.78 Å². The molecule has 1 fully saturated rings. The Hall–Kier alpha value is -0.710. The molecule has 1 rings (SSSR count). The van der Waals surface area contributed by atoms with Gasteiger partial charge < -0.3 is 10.4 Å². The van der Waals surface area contributed by atoms with Gasteiger partial charge in [-0.1, -0.05) is 0 Å². The molecule has 13 heavy (non-hydrogen) atoms. The molecule has 0 aliphatic carbocycles. The lowest BCUT2D eigenvalue weighted by Crippen LogP contribution is -2.45. The number of carboxylic acids is 1. The van der Waals surface area contributed by atoms with Gasteiger partial charge in [0, 0.05) is 18.9 Å². The van der Waals surface area contributed by atoms with Crippen molar-refractivity contribution in [2.24, 2.45) is 0 Å². The highest BCUT2D eigenvalue weighted by molar-refractivity contribution is 5.66. The molecule has 1 atom stereocenters. The maximum Gasteiger partial charge on any atom is 0.303 e. The summed E-state index contributed by atoms with van der Waals surface area (Å²) < 4.78 is 25.2. The number of carbonyl (C=O) groups is 1. The number of alkyl halides is 2. The highest BCUT2D eigenvalue weighted by atomic mass is 19.3. The van der Waals surface area contributed by atoms with E-state index in [9.17, 15) is 13.6 Å².